The number of benzene rings is 2. The number of fused-ring (bicyclic) bond motifs is 3. The lowest BCUT2D eigenvalue weighted by Crippen LogP contribution is -2.39. The molecule has 7 nitrogen and oxygen atoms in total. The number of rotatable bonds is 4. The summed E-state index contributed by atoms with van der Waals surface area (Å²) in [5, 5.41) is 11.2. The second-order valence-corrected chi connectivity index (χ2v) is 12.0. The Labute approximate surface area is 247 Å². The Balaban J connectivity index is 1.51. The number of carbonyl (C=O) groups is 4. The van der Waals surface area contributed by atoms with Gasteiger partial charge in [-0.3, -0.25) is 24.1 Å². The number of hydrogen-bond acceptors (Lipinski definition) is 6. The zero-order chi connectivity index (χ0) is 28.5. The van der Waals surface area contributed by atoms with Gasteiger partial charge in [0.2, 0.25) is 11.8 Å². The number of aromatic hydroxyl groups is 1. The standard InChI is InChI=1S/C31H23Br2NO6/c1-3-14-4-6-16(7-5-14)34-30(38)18-9-8-17-19(26(18)31(34)39)12-21-27(23(35)13-22(33)28(21)36)25(17)20-10-15(32)11-24(40-2)29(20)37/h3-8,10-11,13,18-19,25-26,37H,1,9,12H2,2H3/t18-,19+,25+,26-/m0/s1. The van der Waals surface area contributed by atoms with Gasteiger partial charge in [-0.05, 0) is 64.5 Å². The van der Waals surface area contributed by atoms with Gasteiger partial charge in [0.05, 0.1) is 29.1 Å². The average molecular weight is 665 g/mol. The molecule has 0 saturated carbocycles. The van der Waals surface area contributed by atoms with Gasteiger partial charge in [0.15, 0.2) is 23.1 Å². The summed E-state index contributed by atoms with van der Waals surface area (Å²) >= 11 is 6.69. The summed E-state index contributed by atoms with van der Waals surface area (Å²) in [5.41, 5.74) is 3.04. The molecule has 0 radical (unpaired) electrons. The van der Waals surface area contributed by atoms with Gasteiger partial charge in [-0.15, -0.1) is 0 Å². The van der Waals surface area contributed by atoms with Crippen molar-refractivity contribution in [3.05, 3.63) is 91.9 Å². The third-order valence-electron chi connectivity index (χ3n) is 8.32. The molecule has 1 saturated heterocycles. The molecule has 1 N–H and O–H groups in total. The maximum atomic E-state index is 14.0. The molecule has 3 aliphatic carbocycles. The Kier molecular flexibility index (Phi) is 6.54. The first-order chi connectivity index (χ1) is 19.2. The van der Waals surface area contributed by atoms with Crippen LogP contribution in [0.5, 0.6) is 11.5 Å². The van der Waals surface area contributed by atoms with Crippen LogP contribution in [0.25, 0.3) is 6.08 Å². The molecule has 2 aromatic rings. The van der Waals surface area contributed by atoms with Gasteiger partial charge in [-0.2, -0.15) is 0 Å². The maximum Gasteiger partial charge on any atom is 0.238 e. The number of imide groups is 1. The molecule has 6 rings (SSSR count). The number of hydrogen-bond donors (Lipinski definition) is 1. The molecule has 9 heteroatoms. The van der Waals surface area contributed by atoms with Crippen molar-refractivity contribution in [2.45, 2.75) is 18.8 Å². The smallest absolute Gasteiger partial charge is 0.238 e. The predicted molar refractivity (Wildman–Crippen MR) is 156 cm³/mol. The molecule has 0 spiro atoms. The molecule has 1 fully saturated rings. The quantitative estimate of drug-likeness (QED) is 0.253. The first-order valence-corrected chi connectivity index (χ1v) is 14.3. The van der Waals surface area contributed by atoms with E-state index in [1.165, 1.54) is 18.1 Å². The highest BCUT2D eigenvalue weighted by Gasteiger charge is 2.57. The van der Waals surface area contributed by atoms with Gasteiger partial charge in [0, 0.05) is 33.2 Å². The van der Waals surface area contributed by atoms with Crippen molar-refractivity contribution in [3.8, 4) is 11.5 Å². The van der Waals surface area contributed by atoms with Crippen LogP contribution in [0.2, 0.25) is 0 Å². The van der Waals surface area contributed by atoms with Crippen LogP contribution >= 0.6 is 31.9 Å². The van der Waals surface area contributed by atoms with E-state index in [1.54, 1.807) is 42.5 Å². The minimum absolute atomic E-state index is 0.139. The number of amides is 2. The second-order valence-electron chi connectivity index (χ2n) is 10.2. The molecule has 202 valence electrons. The van der Waals surface area contributed by atoms with Crippen LogP contribution in [0.3, 0.4) is 0 Å². The maximum absolute atomic E-state index is 14.0. The van der Waals surface area contributed by atoms with Crippen molar-refractivity contribution in [3.63, 3.8) is 0 Å². The molecule has 4 atom stereocenters. The van der Waals surface area contributed by atoms with Crippen LogP contribution in [0, 0.1) is 17.8 Å². The van der Waals surface area contributed by atoms with Gasteiger partial charge < -0.3 is 9.84 Å². The molecule has 2 amide bonds. The molecular weight excluding hydrogens is 642 g/mol. The normalized spacial score (nSPS) is 25.7. The summed E-state index contributed by atoms with van der Waals surface area (Å²) in [6.07, 6.45) is 5.29. The van der Waals surface area contributed by atoms with E-state index in [0.717, 1.165) is 11.1 Å². The number of phenolic OH excluding ortho intramolecular Hbond substituents is 1. The minimum Gasteiger partial charge on any atom is -0.504 e. The minimum atomic E-state index is -0.793. The van der Waals surface area contributed by atoms with Gasteiger partial charge in [-0.25, -0.2) is 0 Å². The summed E-state index contributed by atoms with van der Waals surface area (Å²) in [4.78, 5) is 55.7. The number of carbonyl (C=O) groups excluding carboxylic acids is 4. The van der Waals surface area contributed by atoms with Gasteiger partial charge in [0.1, 0.15) is 0 Å². The first-order valence-electron chi connectivity index (χ1n) is 12.7. The highest BCUT2D eigenvalue weighted by Crippen LogP contribution is 2.57. The summed E-state index contributed by atoms with van der Waals surface area (Å²) in [6, 6.07) is 10.3. The fraction of sp³-hybridized carbons (Fsp3) is 0.226. The fourth-order valence-corrected chi connectivity index (χ4v) is 7.45. The molecular formula is C31H23Br2NO6. The Hall–Kier alpha value is -3.56. The Morgan fingerprint density at radius 1 is 1.05 bits per heavy atom. The number of anilines is 1. The summed E-state index contributed by atoms with van der Waals surface area (Å²) in [5.74, 6) is -3.87. The SMILES string of the molecule is C=Cc1ccc(N2C(=O)[C@H]3[C@H](CC=C4[C@H](c5cc(Br)cc(OC)c5O)C5=C(C[C@H]43)C(=O)C(Br)=CC5=O)C2=O)cc1. The van der Waals surface area contributed by atoms with Crippen molar-refractivity contribution in [2.24, 2.45) is 17.8 Å². The highest BCUT2D eigenvalue weighted by atomic mass is 79.9. The summed E-state index contributed by atoms with van der Waals surface area (Å²) in [7, 11) is 1.43. The molecule has 40 heavy (non-hydrogen) atoms. The van der Waals surface area contributed by atoms with Gasteiger partial charge in [0.25, 0.3) is 0 Å². The van der Waals surface area contributed by atoms with Crippen LogP contribution in [-0.4, -0.2) is 35.6 Å². The van der Waals surface area contributed by atoms with Gasteiger partial charge >= 0.3 is 0 Å². The van der Waals surface area contributed by atoms with E-state index in [1.807, 2.05) is 6.08 Å². The third kappa shape index (κ3) is 3.89. The number of ketones is 2. The van der Waals surface area contributed by atoms with Crippen LogP contribution in [0.4, 0.5) is 5.69 Å². The van der Waals surface area contributed by atoms with E-state index in [0.29, 0.717) is 27.7 Å². The second kappa shape index (κ2) is 9.82. The molecule has 1 heterocycles. The lowest BCUT2D eigenvalue weighted by molar-refractivity contribution is -0.123. The van der Waals surface area contributed by atoms with Crippen molar-refractivity contribution in [1.82, 2.24) is 0 Å². The lowest BCUT2D eigenvalue weighted by Gasteiger charge is -2.42. The first kappa shape index (κ1) is 26.7. The Morgan fingerprint density at radius 2 is 1.77 bits per heavy atom. The van der Waals surface area contributed by atoms with Crippen molar-refractivity contribution >= 4 is 67.0 Å². The molecule has 0 bridgehead atoms. The monoisotopic (exact) mass is 663 g/mol. The predicted octanol–water partition coefficient (Wildman–Crippen LogP) is 5.77. The molecule has 0 unspecified atom stereocenters. The zero-order valence-corrected chi connectivity index (χ0v) is 24.5. The Morgan fingerprint density at radius 3 is 2.45 bits per heavy atom. The summed E-state index contributed by atoms with van der Waals surface area (Å²) < 4.78 is 6.13. The van der Waals surface area contributed by atoms with Crippen LogP contribution in [-0.2, 0) is 19.2 Å². The van der Waals surface area contributed by atoms with E-state index in [9.17, 15) is 24.3 Å². The van der Waals surface area contributed by atoms with E-state index in [-0.39, 0.29) is 51.4 Å². The number of methoxy groups -OCH3 is 1. The number of allylic oxidation sites excluding steroid dienone is 6. The number of phenols is 1. The zero-order valence-electron chi connectivity index (χ0n) is 21.3. The molecule has 2 aromatic carbocycles. The summed E-state index contributed by atoms with van der Waals surface area (Å²) in [6.45, 7) is 3.75. The fourth-order valence-electron chi connectivity index (χ4n) is 6.55. The van der Waals surface area contributed by atoms with Crippen molar-refractivity contribution in [1.29, 1.82) is 0 Å². The van der Waals surface area contributed by atoms with E-state index >= 15 is 0 Å². The average Bonchev–Trinajstić information content (AvgIpc) is 3.21. The molecule has 4 aliphatic rings. The van der Waals surface area contributed by atoms with E-state index < -0.39 is 23.7 Å². The number of halogens is 2. The highest BCUT2D eigenvalue weighted by molar-refractivity contribution is 9.12. The van der Waals surface area contributed by atoms with Crippen LogP contribution < -0.4 is 9.64 Å². The third-order valence-corrected chi connectivity index (χ3v) is 9.37. The van der Waals surface area contributed by atoms with Crippen LogP contribution in [0.15, 0.2) is 80.8 Å². The van der Waals surface area contributed by atoms with E-state index in [2.05, 4.69) is 38.4 Å². The number of nitrogens with zero attached hydrogens (tertiary/aromatic N) is 1. The van der Waals surface area contributed by atoms with Crippen molar-refractivity contribution in [2.75, 3.05) is 12.0 Å². The topological polar surface area (TPSA) is 101 Å². The molecule has 1 aliphatic heterocycles. The van der Waals surface area contributed by atoms with E-state index in [4.69, 9.17) is 4.74 Å². The van der Waals surface area contributed by atoms with Crippen LogP contribution in [0.1, 0.15) is 29.9 Å². The number of Topliss-reactive ketones (excluding diaryl/α,β-unsaturated/α-hetero) is 1. The number of ether oxygens (including phenoxy) is 1. The lowest BCUT2D eigenvalue weighted by atomic mass is 9.59. The largest absolute Gasteiger partial charge is 0.504 e. The molecule has 0 aromatic heterocycles. The van der Waals surface area contributed by atoms with Crippen molar-refractivity contribution < 1.29 is 29.0 Å². The Bertz CT molecular complexity index is 1630. The van der Waals surface area contributed by atoms with Gasteiger partial charge in [-0.1, -0.05) is 52.4 Å².